The molecule has 0 heterocycles. The maximum Gasteiger partial charge on any atom is 0.119 e. The van der Waals surface area contributed by atoms with E-state index in [0.29, 0.717) is 12.3 Å². The van der Waals surface area contributed by atoms with Crippen molar-refractivity contribution in [1.82, 2.24) is 5.32 Å². The van der Waals surface area contributed by atoms with E-state index in [4.69, 9.17) is 4.74 Å². The minimum atomic E-state index is -0.847. The van der Waals surface area contributed by atoms with Crippen molar-refractivity contribution in [3.8, 4) is 5.75 Å². The lowest BCUT2D eigenvalue weighted by molar-refractivity contribution is 0.414. The predicted octanol–water partition coefficient (Wildman–Crippen LogP) is 2.90. The molecule has 0 saturated carbocycles. The molecule has 2 atom stereocenters. The summed E-state index contributed by atoms with van der Waals surface area (Å²) in [5, 5.41) is 3.49. The molecule has 1 N–H and O–H groups in total. The number of benzene rings is 2. The molecule has 0 bridgehead atoms. The van der Waals surface area contributed by atoms with Crippen molar-refractivity contribution in [3.05, 3.63) is 65.7 Å². The molecule has 3 nitrogen and oxygen atoms in total. The maximum absolute atomic E-state index is 11.6. The molecule has 0 aliphatic rings. The third-order valence-electron chi connectivity index (χ3n) is 3.29. The highest BCUT2D eigenvalue weighted by atomic mass is 32.2. The van der Waals surface area contributed by atoms with E-state index >= 15 is 0 Å². The molecule has 0 radical (unpaired) electrons. The zero-order chi connectivity index (χ0) is 15.1. The van der Waals surface area contributed by atoms with Crippen LogP contribution in [0, 0.1) is 0 Å². The number of ether oxygens (including phenoxy) is 1. The smallest absolute Gasteiger partial charge is 0.119 e. The van der Waals surface area contributed by atoms with Gasteiger partial charge in [-0.25, -0.2) is 0 Å². The van der Waals surface area contributed by atoms with Crippen LogP contribution in [-0.4, -0.2) is 23.3 Å². The van der Waals surface area contributed by atoms with Crippen LogP contribution in [0.5, 0.6) is 5.75 Å². The van der Waals surface area contributed by atoms with E-state index < -0.39 is 10.8 Å². The lowest BCUT2D eigenvalue weighted by Gasteiger charge is -2.18. The van der Waals surface area contributed by atoms with E-state index in [2.05, 4.69) is 23.5 Å². The van der Waals surface area contributed by atoms with Crippen molar-refractivity contribution in [3.63, 3.8) is 0 Å². The van der Waals surface area contributed by atoms with E-state index in [1.165, 1.54) is 0 Å². The van der Waals surface area contributed by atoms with Gasteiger partial charge in [0.2, 0.25) is 0 Å². The second-order valence-electron chi connectivity index (χ2n) is 4.94. The van der Waals surface area contributed by atoms with Crippen LogP contribution in [-0.2, 0) is 17.3 Å². The molecule has 0 saturated heterocycles. The molecule has 0 amide bonds. The van der Waals surface area contributed by atoms with Gasteiger partial charge in [0.1, 0.15) is 5.75 Å². The summed E-state index contributed by atoms with van der Waals surface area (Å²) in [6, 6.07) is 18.2. The van der Waals surface area contributed by atoms with Gasteiger partial charge in [0.05, 0.1) is 7.11 Å². The summed E-state index contributed by atoms with van der Waals surface area (Å²) in [4.78, 5) is 0. The Bertz CT molecular complexity index is 586. The first kappa shape index (κ1) is 15.7. The van der Waals surface area contributed by atoms with E-state index in [-0.39, 0.29) is 6.04 Å². The Morgan fingerprint density at radius 2 is 1.90 bits per heavy atom. The molecule has 0 aromatic heterocycles. The summed E-state index contributed by atoms with van der Waals surface area (Å²) in [5.74, 6) is 1.46. The molecule has 0 aliphatic heterocycles. The molecule has 0 fully saturated rings. The summed E-state index contributed by atoms with van der Waals surface area (Å²) in [5.41, 5.74) is 2.31. The SMILES string of the molecule is COc1cccc(CN[C@@H](C[S@@](C)=O)c2ccccc2)c1. The minimum absolute atomic E-state index is 0.0863. The van der Waals surface area contributed by atoms with Crippen molar-refractivity contribution in [1.29, 1.82) is 0 Å². The molecule has 4 heteroatoms. The van der Waals surface area contributed by atoms with Crippen molar-refractivity contribution >= 4 is 10.8 Å². The van der Waals surface area contributed by atoms with Crippen molar-refractivity contribution in [2.45, 2.75) is 12.6 Å². The van der Waals surface area contributed by atoms with Gasteiger partial charge >= 0.3 is 0 Å². The summed E-state index contributed by atoms with van der Waals surface area (Å²) in [6.07, 6.45) is 1.74. The molecule has 21 heavy (non-hydrogen) atoms. The molecule has 2 aromatic carbocycles. The van der Waals surface area contributed by atoms with E-state index in [0.717, 1.165) is 16.9 Å². The highest BCUT2D eigenvalue weighted by molar-refractivity contribution is 7.84. The molecule has 112 valence electrons. The van der Waals surface area contributed by atoms with Gasteiger partial charge in [-0.2, -0.15) is 0 Å². The number of hydrogen-bond donors (Lipinski definition) is 1. The van der Waals surface area contributed by atoms with Gasteiger partial charge in [0, 0.05) is 35.4 Å². The Labute approximate surface area is 128 Å². The number of hydrogen-bond acceptors (Lipinski definition) is 3. The van der Waals surface area contributed by atoms with Gasteiger partial charge in [-0.15, -0.1) is 0 Å². The molecular formula is C17H21NO2S. The summed E-state index contributed by atoms with van der Waals surface area (Å²) in [7, 11) is 0.819. The molecule has 0 unspecified atom stereocenters. The van der Waals surface area contributed by atoms with Crippen LogP contribution in [0.3, 0.4) is 0 Å². The standard InChI is InChI=1S/C17H21NO2S/c1-20-16-10-6-7-14(11-16)12-18-17(13-21(2)19)15-8-4-3-5-9-15/h3-11,17-18H,12-13H2,1-2H3/t17-,21+/m0/s1. The highest BCUT2D eigenvalue weighted by Gasteiger charge is 2.12. The second-order valence-corrected chi connectivity index (χ2v) is 6.42. The van der Waals surface area contributed by atoms with E-state index in [1.54, 1.807) is 13.4 Å². The zero-order valence-electron chi connectivity index (χ0n) is 12.4. The van der Waals surface area contributed by atoms with E-state index in [1.807, 2.05) is 36.4 Å². The summed E-state index contributed by atoms with van der Waals surface area (Å²) in [6.45, 7) is 0.716. The summed E-state index contributed by atoms with van der Waals surface area (Å²) < 4.78 is 16.8. The van der Waals surface area contributed by atoms with Crippen LogP contribution >= 0.6 is 0 Å². The van der Waals surface area contributed by atoms with Crippen molar-refractivity contribution in [2.75, 3.05) is 19.1 Å². The predicted molar refractivity (Wildman–Crippen MR) is 88.0 cm³/mol. The first-order valence-corrected chi connectivity index (χ1v) is 8.63. The molecule has 2 rings (SSSR count). The quantitative estimate of drug-likeness (QED) is 0.855. The Hall–Kier alpha value is -1.65. The average Bonchev–Trinajstić information content (AvgIpc) is 2.52. The fourth-order valence-electron chi connectivity index (χ4n) is 2.22. The van der Waals surface area contributed by atoms with Crippen LogP contribution in [0.2, 0.25) is 0 Å². The monoisotopic (exact) mass is 303 g/mol. The van der Waals surface area contributed by atoms with Gasteiger partial charge in [-0.05, 0) is 23.3 Å². The van der Waals surface area contributed by atoms with Crippen LogP contribution in [0.1, 0.15) is 17.2 Å². The van der Waals surface area contributed by atoms with Gasteiger partial charge in [0.15, 0.2) is 0 Å². The second kappa shape index (κ2) is 7.96. The Morgan fingerprint density at radius 3 is 2.57 bits per heavy atom. The lowest BCUT2D eigenvalue weighted by Crippen LogP contribution is -2.25. The minimum Gasteiger partial charge on any atom is -0.497 e. The third-order valence-corrected chi connectivity index (χ3v) is 4.09. The fourth-order valence-corrected chi connectivity index (χ4v) is 3.00. The van der Waals surface area contributed by atoms with Gasteiger partial charge in [0.25, 0.3) is 0 Å². The van der Waals surface area contributed by atoms with Crippen molar-refractivity contribution in [2.24, 2.45) is 0 Å². The Balaban J connectivity index is 2.06. The summed E-state index contributed by atoms with van der Waals surface area (Å²) >= 11 is 0. The van der Waals surface area contributed by atoms with Gasteiger partial charge in [-0.1, -0.05) is 42.5 Å². The Morgan fingerprint density at radius 1 is 1.14 bits per heavy atom. The first-order chi connectivity index (χ1) is 10.2. The molecule has 0 spiro atoms. The van der Waals surface area contributed by atoms with E-state index in [9.17, 15) is 4.21 Å². The maximum atomic E-state index is 11.6. The molecule has 2 aromatic rings. The van der Waals surface area contributed by atoms with Crippen LogP contribution < -0.4 is 10.1 Å². The fraction of sp³-hybridized carbons (Fsp3) is 0.294. The van der Waals surface area contributed by atoms with Crippen LogP contribution in [0.15, 0.2) is 54.6 Å². The lowest BCUT2D eigenvalue weighted by atomic mass is 10.1. The Kier molecular flexibility index (Phi) is 5.96. The zero-order valence-corrected chi connectivity index (χ0v) is 13.2. The average molecular weight is 303 g/mol. The first-order valence-electron chi connectivity index (χ1n) is 6.90. The number of nitrogens with one attached hydrogen (secondary N) is 1. The normalized spacial score (nSPS) is 13.6. The molecule has 0 aliphatic carbocycles. The van der Waals surface area contributed by atoms with Gasteiger partial charge in [-0.3, -0.25) is 4.21 Å². The number of rotatable bonds is 7. The van der Waals surface area contributed by atoms with Crippen LogP contribution in [0.25, 0.3) is 0 Å². The van der Waals surface area contributed by atoms with Gasteiger partial charge < -0.3 is 10.1 Å². The highest BCUT2D eigenvalue weighted by Crippen LogP contribution is 2.16. The number of methoxy groups -OCH3 is 1. The molecular weight excluding hydrogens is 282 g/mol. The topological polar surface area (TPSA) is 38.3 Å². The van der Waals surface area contributed by atoms with Crippen LogP contribution in [0.4, 0.5) is 0 Å². The van der Waals surface area contributed by atoms with Crippen molar-refractivity contribution < 1.29 is 8.95 Å². The largest absolute Gasteiger partial charge is 0.497 e. The third kappa shape index (κ3) is 4.99.